The van der Waals surface area contributed by atoms with Gasteiger partial charge in [-0.3, -0.25) is 0 Å². The Hall–Kier alpha value is -6.50. The molecule has 10 aromatic carbocycles. The molecule has 10 aromatic rings. The van der Waals surface area contributed by atoms with Crippen LogP contribution in [0.15, 0.2) is 194 Å². The minimum Gasteiger partial charge on any atom is -0.0622 e. The molecule has 0 atom stereocenters. The van der Waals surface area contributed by atoms with E-state index in [0.29, 0.717) is 0 Å². The highest BCUT2D eigenvalue weighted by Crippen LogP contribution is 2.45. The maximum absolute atomic E-state index is 2.39. The first-order valence-electron chi connectivity index (χ1n) is 17.3. The van der Waals surface area contributed by atoms with Gasteiger partial charge in [-0.1, -0.05) is 170 Å². The van der Waals surface area contributed by atoms with Crippen molar-refractivity contribution in [1.82, 2.24) is 0 Å². The monoisotopic (exact) mass is 632 g/mol. The normalized spacial score (nSPS) is 11.6. The van der Waals surface area contributed by atoms with E-state index in [1.54, 1.807) is 0 Å². The van der Waals surface area contributed by atoms with Gasteiger partial charge in [0.2, 0.25) is 0 Å². The van der Waals surface area contributed by atoms with Crippen molar-refractivity contribution < 1.29 is 0 Å². The summed E-state index contributed by atoms with van der Waals surface area (Å²) >= 11 is 0. The highest BCUT2D eigenvalue weighted by atomic mass is 14.2. The molecule has 0 N–H and O–H groups in total. The molecule has 0 heteroatoms. The number of hydrogen-bond donors (Lipinski definition) is 0. The molecular weight excluding hydrogens is 601 g/mol. The standard InChI is InChI=1S/C50H32/c1-2-11-33(12-3-1)36-24-25-38-30-39(27-26-37(38)29-36)40-23-21-34-22-28-41(32-42(34)31-40)49-45-16-6-8-18-47(45)50(48-19-9-7-17-46(48)49)44-20-10-14-35-13-4-5-15-43(35)44/h1-32H. The van der Waals surface area contributed by atoms with Crippen molar-refractivity contribution >= 4 is 53.9 Å². The quantitative estimate of drug-likeness (QED) is 0.169. The highest BCUT2D eigenvalue weighted by Gasteiger charge is 2.18. The summed E-state index contributed by atoms with van der Waals surface area (Å²) in [5, 5.41) is 12.6. The van der Waals surface area contributed by atoms with Gasteiger partial charge >= 0.3 is 0 Å². The first kappa shape index (κ1) is 28.5. The lowest BCUT2D eigenvalue weighted by atomic mass is 9.84. The van der Waals surface area contributed by atoms with E-state index in [0.717, 1.165) is 0 Å². The average Bonchev–Trinajstić information content (AvgIpc) is 3.19. The van der Waals surface area contributed by atoms with Crippen LogP contribution in [0.5, 0.6) is 0 Å². The first-order chi connectivity index (χ1) is 24.8. The van der Waals surface area contributed by atoms with Gasteiger partial charge < -0.3 is 0 Å². The Kier molecular flexibility index (Phi) is 6.60. The van der Waals surface area contributed by atoms with E-state index in [-0.39, 0.29) is 0 Å². The Morgan fingerprint density at radius 2 is 0.640 bits per heavy atom. The molecule has 0 heterocycles. The second kappa shape index (κ2) is 11.6. The molecular formula is C50H32. The van der Waals surface area contributed by atoms with Crippen LogP contribution in [-0.2, 0) is 0 Å². The molecule has 0 amide bonds. The summed E-state index contributed by atoms with van der Waals surface area (Å²) in [6.07, 6.45) is 0. The van der Waals surface area contributed by atoms with E-state index < -0.39 is 0 Å². The summed E-state index contributed by atoms with van der Waals surface area (Å²) in [6, 6.07) is 71.3. The SMILES string of the molecule is c1ccc(-c2ccc3cc(-c4ccc5ccc(-c6c7ccccc7c(-c7cccc8ccccc78)c7ccccc67)cc5c4)ccc3c2)cc1. The summed E-state index contributed by atoms with van der Waals surface area (Å²) in [7, 11) is 0. The summed E-state index contributed by atoms with van der Waals surface area (Å²) in [5.74, 6) is 0. The van der Waals surface area contributed by atoms with E-state index in [9.17, 15) is 0 Å². The molecule has 0 aliphatic rings. The molecule has 0 radical (unpaired) electrons. The van der Waals surface area contributed by atoms with Gasteiger partial charge in [-0.2, -0.15) is 0 Å². The fourth-order valence-electron chi connectivity index (χ4n) is 7.99. The molecule has 0 bridgehead atoms. The summed E-state index contributed by atoms with van der Waals surface area (Å²) in [6.45, 7) is 0. The first-order valence-corrected chi connectivity index (χ1v) is 17.3. The lowest BCUT2D eigenvalue weighted by Gasteiger charge is -2.19. The fraction of sp³-hybridized carbons (Fsp3) is 0. The number of hydrogen-bond acceptors (Lipinski definition) is 0. The van der Waals surface area contributed by atoms with E-state index >= 15 is 0 Å². The van der Waals surface area contributed by atoms with Crippen LogP contribution >= 0.6 is 0 Å². The Bertz CT molecular complexity index is 2850. The van der Waals surface area contributed by atoms with Gasteiger partial charge in [0.15, 0.2) is 0 Å². The van der Waals surface area contributed by atoms with Crippen molar-refractivity contribution in [2.24, 2.45) is 0 Å². The van der Waals surface area contributed by atoms with Crippen LogP contribution in [0.25, 0.3) is 98.4 Å². The molecule has 0 saturated carbocycles. The average molecular weight is 633 g/mol. The molecule has 0 aliphatic carbocycles. The van der Waals surface area contributed by atoms with Crippen molar-refractivity contribution in [3.8, 4) is 44.5 Å². The molecule has 0 saturated heterocycles. The largest absolute Gasteiger partial charge is 0.0622 e. The van der Waals surface area contributed by atoms with Crippen LogP contribution in [0.3, 0.4) is 0 Å². The minimum absolute atomic E-state index is 1.23. The van der Waals surface area contributed by atoms with Gasteiger partial charge in [0, 0.05) is 0 Å². The predicted octanol–water partition coefficient (Wildman–Crippen LogP) is 14.1. The van der Waals surface area contributed by atoms with Crippen LogP contribution in [0, 0.1) is 0 Å². The predicted molar refractivity (Wildman–Crippen MR) is 216 cm³/mol. The molecule has 10 rings (SSSR count). The Morgan fingerprint density at radius 3 is 1.28 bits per heavy atom. The van der Waals surface area contributed by atoms with E-state index in [4.69, 9.17) is 0 Å². The van der Waals surface area contributed by atoms with E-state index in [1.807, 2.05) is 0 Å². The lowest BCUT2D eigenvalue weighted by molar-refractivity contribution is 1.63. The number of benzene rings is 10. The van der Waals surface area contributed by atoms with Gasteiger partial charge in [-0.05, 0) is 123 Å². The van der Waals surface area contributed by atoms with Crippen molar-refractivity contribution in [3.63, 3.8) is 0 Å². The Labute approximate surface area is 291 Å². The third-order valence-electron chi connectivity index (χ3n) is 10.4. The molecule has 232 valence electrons. The van der Waals surface area contributed by atoms with E-state index in [2.05, 4.69) is 194 Å². The molecule has 0 aromatic heterocycles. The van der Waals surface area contributed by atoms with Crippen LogP contribution in [0.4, 0.5) is 0 Å². The summed E-state index contributed by atoms with van der Waals surface area (Å²) in [4.78, 5) is 0. The smallest absolute Gasteiger partial charge is 0.00201 e. The topological polar surface area (TPSA) is 0 Å². The fourth-order valence-corrected chi connectivity index (χ4v) is 7.99. The van der Waals surface area contributed by atoms with Crippen molar-refractivity contribution in [1.29, 1.82) is 0 Å². The molecule has 50 heavy (non-hydrogen) atoms. The molecule has 0 nitrogen and oxygen atoms in total. The molecule has 0 aliphatic heterocycles. The van der Waals surface area contributed by atoms with Crippen LogP contribution in [0.1, 0.15) is 0 Å². The zero-order chi connectivity index (χ0) is 33.0. The maximum Gasteiger partial charge on any atom is -0.00201 e. The second-order valence-electron chi connectivity index (χ2n) is 13.3. The van der Waals surface area contributed by atoms with Crippen molar-refractivity contribution in [3.05, 3.63) is 194 Å². The van der Waals surface area contributed by atoms with Gasteiger partial charge in [0.25, 0.3) is 0 Å². The molecule has 0 unspecified atom stereocenters. The third-order valence-corrected chi connectivity index (χ3v) is 10.4. The lowest BCUT2D eigenvalue weighted by Crippen LogP contribution is -1.91. The third kappa shape index (κ3) is 4.69. The number of fused-ring (bicyclic) bond motifs is 5. The van der Waals surface area contributed by atoms with Gasteiger partial charge in [-0.25, -0.2) is 0 Å². The zero-order valence-electron chi connectivity index (χ0n) is 27.5. The molecule has 0 fully saturated rings. The minimum atomic E-state index is 1.23. The maximum atomic E-state index is 2.39. The zero-order valence-corrected chi connectivity index (χ0v) is 27.5. The van der Waals surface area contributed by atoms with Crippen LogP contribution < -0.4 is 0 Å². The van der Waals surface area contributed by atoms with Crippen molar-refractivity contribution in [2.45, 2.75) is 0 Å². The summed E-state index contributed by atoms with van der Waals surface area (Å²) < 4.78 is 0. The Morgan fingerprint density at radius 1 is 0.200 bits per heavy atom. The van der Waals surface area contributed by atoms with Crippen molar-refractivity contribution in [2.75, 3.05) is 0 Å². The Balaban J connectivity index is 1.13. The van der Waals surface area contributed by atoms with E-state index in [1.165, 1.54) is 98.4 Å². The van der Waals surface area contributed by atoms with Gasteiger partial charge in [0.05, 0.1) is 0 Å². The second-order valence-corrected chi connectivity index (χ2v) is 13.3. The summed E-state index contributed by atoms with van der Waals surface area (Å²) in [5.41, 5.74) is 10.0. The molecule has 0 spiro atoms. The number of rotatable bonds is 4. The van der Waals surface area contributed by atoms with Crippen LogP contribution in [0.2, 0.25) is 0 Å². The highest BCUT2D eigenvalue weighted by molar-refractivity contribution is 6.23. The van der Waals surface area contributed by atoms with Gasteiger partial charge in [-0.15, -0.1) is 0 Å². The van der Waals surface area contributed by atoms with Gasteiger partial charge in [0.1, 0.15) is 0 Å². The van der Waals surface area contributed by atoms with Crippen LogP contribution in [-0.4, -0.2) is 0 Å².